The van der Waals surface area contributed by atoms with Gasteiger partial charge >= 0.3 is 0 Å². The van der Waals surface area contributed by atoms with Crippen LogP contribution >= 0.6 is 24.0 Å². The minimum absolute atomic E-state index is 0. The fourth-order valence-electron chi connectivity index (χ4n) is 3.84. The molecule has 0 saturated carbocycles. The Labute approximate surface area is 193 Å². The first kappa shape index (κ1) is 24.4. The summed E-state index contributed by atoms with van der Waals surface area (Å²) in [4.78, 5) is 12.4. The van der Waals surface area contributed by atoms with E-state index >= 15 is 0 Å². The van der Waals surface area contributed by atoms with Crippen molar-refractivity contribution in [3.63, 3.8) is 0 Å². The molecule has 0 bridgehead atoms. The molecule has 0 aromatic heterocycles. The van der Waals surface area contributed by atoms with Gasteiger partial charge < -0.3 is 15.0 Å². The van der Waals surface area contributed by atoms with Crippen LogP contribution < -0.4 is 5.32 Å². The van der Waals surface area contributed by atoms with Crippen molar-refractivity contribution >= 4 is 29.9 Å². The molecule has 29 heavy (non-hydrogen) atoms. The van der Waals surface area contributed by atoms with Gasteiger partial charge in [-0.2, -0.15) is 0 Å². The SMILES string of the molecule is CCNC(=NCCCCN1CCOCC1)N1CCN(Cc2ccccc2)CC1.I. The van der Waals surface area contributed by atoms with E-state index in [0.717, 1.165) is 84.5 Å². The Morgan fingerprint density at radius 2 is 1.69 bits per heavy atom. The van der Waals surface area contributed by atoms with Crippen LogP contribution in [0.5, 0.6) is 0 Å². The van der Waals surface area contributed by atoms with E-state index in [0.29, 0.717) is 0 Å². The van der Waals surface area contributed by atoms with Crippen LogP contribution in [0.2, 0.25) is 0 Å². The van der Waals surface area contributed by atoms with Crippen molar-refractivity contribution in [1.82, 2.24) is 20.0 Å². The number of hydrogen-bond donors (Lipinski definition) is 1. The van der Waals surface area contributed by atoms with Crippen molar-refractivity contribution in [2.45, 2.75) is 26.3 Å². The fourth-order valence-corrected chi connectivity index (χ4v) is 3.84. The van der Waals surface area contributed by atoms with Crippen molar-refractivity contribution in [2.24, 2.45) is 4.99 Å². The molecule has 1 aromatic carbocycles. The summed E-state index contributed by atoms with van der Waals surface area (Å²) in [7, 11) is 0. The lowest BCUT2D eigenvalue weighted by Gasteiger charge is -2.36. The van der Waals surface area contributed by atoms with Gasteiger partial charge in [0.25, 0.3) is 0 Å². The van der Waals surface area contributed by atoms with Crippen LogP contribution in [0.1, 0.15) is 25.3 Å². The van der Waals surface area contributed by atoms with Crippen molar-refractivity contribution in [1.29, 1.82) is 0 Å². The Hall–Kier alpha value is -0.900. The molecule has 2 fully saturated rings. The number of piperazine rings is 1. The van der Waals surface area contributed by atoms with Crippen LogP contribution in [0.4, 0.5) is 0 Å². The normalized spacial score (nSPS) is 19.1. The Bertz CT molecular complexity index is 572. The van der Waals surface area contributed by atoms with E-state index in [1.807, 2.05) is 0 Å². The minimum atomic E-state index is 0. The summed E-state index contributed by atoms with van der Waals surface area (Å²) < 4.78 is 5.41. The molecule has 164 valence electrons. The number of rotatable bonds is 8. The number of benzene rings is 1. The third-order valence-electron chi connectivity index (χ3n) is 5.50. The van der Waals surface area contributed by atoms with Crippen LogP contribution in [-0.4, -0.2) is 92.8 Å². The molecule has 0 spiro atoms. The number of nitrogens with one attached hydrogen (secondary N) is 1. The number of nitrogens with zero attached hydrogens (tertiary/aromatic N) is 4. The second-order valence-corrected chi connectivity index (χ2v) is 7.65. The lowest BCUT2D eigenvalue weighted by molar-refractivity contribution is 0.0373. The van der Waals surface area contributed by atoms with E-state index in [4.69, 9.17) is 9.73 Å². The number of morpholine rings is 1. The molecular weight excluding hydrogens is 477 g/mol. The highest BCUT2D eigenvalue weighted by Gasteiger charge is 2.19. The van der Waals surface area contributed by atoms with Crippen LogP contribution in [0.3, 0.4) is 0 Å². The van der Waals surface area contributed by atoms with Crippen molar-refractivity contribution in [2.75, 3.05) is 72.1 Å². The van der Waals surface area contributed by atoms with Gasteiger partial charge in [-0.05, 0) is 31.9 Å². The molecule has 1 aromatic rings. The highest BCUT2D eigenvalue weighted by atomic mass is 127. The number of unbranched alkanes of at least 4 members (excludes halogenated alkanes) is 1. The second kappa shape index (κ2) is 14.2. The topological polar surface area (TPSA) is 43.3 Å². The van der Waals surface area contributed by atoms with Gasteiger partial charge in [0.05, 0.1) is 13.2 Å². The number of aliphatic imine (C=N–C) groups is 1. The molecule has 0 atom stereocenters. The van der Waals surface area contributed by atoms with Crippen LogP contribution in [0.15, 0.2) is 35.3 Å². The molecule has 2 aliphatic heterocycles. The Kier molecular flexibility index (Phi) is 11.9. The smallest absolute Gasteiger partial charge is 0.194 e. The summed E-state index contributed by atoms with van der Waals surface area (Å²) in [6.45, 7) is 14.4. The van der Waals surface area contributed by atoms with Gasteiger partial charge in [-0.3, -0.25) is 14.8 Å². The molecule has 0 radical (unpaired) electrons. The summed E-state index contributed by atoms with van der Waals surface area (Å²) in [5.74, 6) is 1.09. The Morgan fingerprint density at radius 3 is 2.38 bits per heavy atom. The summed E-state index contributed by atoms with van der Waals surface area (Å²) in [5.41, 5.74) is 1.40. The van der Waals surface area contributed by atoms with Gasteiger partial charge in [-0.15, -0.1) is 24.0 Å². The zero-order chi connectivity index (χ0) is 19.4. The molecule has 1 N–H and O–H groups in total. The molecule has 6 nitrogen and oxygen atoms in total. The van der Waals surface area contributed by atoms with E-state index in [-0.39, 0.29) is 24.0 Å². The Morgan fingerprint density at radius 1 is 0.966 bits per heavy atom. The summed E-state index contributed by atoms with van der Waals surface area (Å²) in [6, 6.07) is 10.8. The molecule has 2 heterocycles. The highest BCUT2D eigenvalue weighted by Crippen LogP contribution is 2.09. The molecule has 3 rings (SSSR count). The van der Waals surface area contributed by atoms with Gasteiger partial charge in [0.1, 0.15) is 0 Å². The highest BCUT2D eigenvalue weighted by molar-refractivity contribution is 14.0. The van der Waals surface area contributed by atoms with Crippen molar-refractivity contribution in [3.8, 4) is 0 Å². The van der Waals surface area contributed by atoms with E-state index < -0.39 is 0 Å². The molecule has 0 unspecified atom stereocenters. The van der Waals surface area contributed by atoms with Crippen LogP contribution in [0.25, 0.3) is 0 Å². The van der Waals surface area contributed by atoms with Gasteiger partial charge in [-0.25, -0.2) is 0 Å². The standard InChI is InChI=1S/C22H37N5O.HI/c1-2-23-22(24-10-6-7-11-25-16-18-28-19-17-25)27-14-12-26(13-15-27)20-21-8-4-3-5-9-21;/h3-5,8-9H,2,6-7,10-20H2,1H3,(H,23,24);1H. The molecule has 7 heteroatoms. The zero-order valence-electron chi connectivity index (χ0n) is 17.9. The number of guanidine groups is 1. The summed E-state index contributed by atoms with van der Waals surface area (Å²) in [6.07, 6.45) is 2.37. The number of hydrogen-bond acceptors (Lipinski definition) is 4. The molecule has 2 aliphatic rings. The third-order valence-corrected chi connectivity index (χ3v) is 5.50. The van der Waals surface area contributed by atoms with E-state index in [2.05, 4.69) is 57.3 Å². The first-order chi connectivity index (χ1) is 13.8. The average molecular weight is 515 g/mol. The van der Waals surface area contributed by atoms with Crippen LogP contribution in [0, 0.1) is 0 Å². The van der Waals surface area contributed by atoms with E-state index in [9.17, 15) is 0 Å². The Balaban J connectivity index is 0.00000300. The monoisotopic (exact) mass is 515 g/mol. The summed E-state index contributed by atoms with van der Waals surface area (Å²) in [5, 5.41) is 3.49. The van der Waals surface area contributed by atoms with Gasteiger partial charge in [0.15, 0.2) is 5.96 Å². The lowest BCUT2D eigenvalue weighted by Crippen LogP contribution is -2.52. The first-order valence-corrected chi connectivity index (χ1v) is 10.9. The molecular formula is C22H38IN5O. The average Bonchev–Trinajstić information content (AvgIpc) is 2.75. The quantitative estimate of drug-likeness (QED) is 0.250. The van der Waals surface area contributed by atoms with Gasteiger partial charge in [0.2, 0.25) is 0 Å². The predicted octanol–water partition coefficient (Wildman–Crippen LogP) is 2.50. The molecule has 0 amide bonds. The van der Waals surface area contributed by atoms with Crippen LogP contribution in [-0.2, 0) is 11.3 Å². The van der Waals surface area contributed by atoms with Gasteiger partial charge in [0, 0.05) is 58.9 Å². The van der Waals surface area contributed by atoms with Crippen molar-refractivity contribution in [3.05, 3.63) is 35.9 Å². The maximum Gasteiger partial charge on any atom is 0.194 e. The van der Waals surface area contributed by atoms with E-state index in [1.54, 1.807) is 0 Å². The summed E-state index contributed by atoms with van der Waals surface area (Å²) >= 11 is 0. The lowest BCUT2D eigenvalue weighted by atomic mass is 10.2. The van der Waals surface area contributed by atoms with Crippen molar-refractivity contribution < 1.29 is 4.74 Å². The molecule has 2 saturated heterocycles. The zero-order valence-corrected chi connectivity index (χ0v) is 20.2. The third kappa shape index (κ3) is 8.78. The maximum absolute atomic E-state index is 5.41. The number of ether oxygens (including phenoxy) is 1. The maximum atomic E-state index is 5.41. The van der Waals surface area contributed by atoms with Gasteiger partial charge in [-0.1, -0.05) is 30.3 Å². The van der Waals surface area contributed by atoms with E-state index in [1.165, 1.54) is 18.5 Å². The molecule has 0 aliphatic carbocycles. The fraction of sp³-hybridized carbons (Fsp3) is 0.682. The predicted molar refractivity (Wildman–Crippen MR) is 131 cm³/mol. The largest absolute Gasteiger partial charge is 0.379 e. The second-order valence-electron chi connectivity index (χ2n) is 7.65. The minimum Gasteiger partial charge on any atom is -0.379 e. The first-order valence-electron chi connectivity index (χ1n) is 10.9. The number of halogens is 1.